The van der Waals surface area contributed by atoms with E-state index < -0.39 is 0 Å². The molecule has 0 aliphatic heterocycles. The van der Waals surface area contributed by atoms with E-state index in [0.717, 1.165) is 12.0 Å². The van der Waals surface area contributed by atoms with Crippen LogP contribution in [0.5, 0.6) is 11.5 Å². The number of ether oxygens (including phenoxy) is 1. The van der Waals surface area contributed by atoms with Crippen LogP contribution in [-0.4, -0.2) is 6.04 Å². The van der Waals surface area contributed by atoms with Crippen molar-refractivity contribution in [1.29, 1.82) is 0 Å². The molecule has 0 aromatic heterocycles. The lowest BCUT2D eigenvalue weighted by atomic mass is 10.1. The monoisotopic (exact) mass is 259 g/mol. The molecule has 2 nitrogen and oxygen atoms in total. The van der Waals surface area contributed by atoms with Crippen LogP contribution in [0.1, 0.15) is 18.1 Å². The van der Waals surface area contributed by atoms with Gasteiger partial charge in [-0.25, -0.2) is 4.39 Å². The third-order valence-electron chi connectivity index (χ3n) is 2.86. The van der Waals surface area contributed by atoms with Crippen LogP contribution < -0.4 is 10.5 Å². The van der Waals surface area contributed by atoms with Gasteiger partial charge in [-0.2, -0.15) is 0 Å². The molecular weight excluding hydrogens is 241 g/mol. The maximum absolute atomic E-state index is 13.4. The van der Waals surface area contributed by atoms with Gasteiger partial charge in [0, 0.05) is 12.1 Å². The molecule has 0 saturated heterocycles. The lowest BCUT2D eigenvalue weighted by Crippen LogP contribution is -2.17. The van der Waals surface area contributed by atoms with Gasteiger partial charge in [0.15, 0.2) is 0 Å². The zero-order valence-electron chi connectivity index (χ0n) is 11.2. The van der Waals surface area contributed by atoms with Crippen LogP contribution in [0.2, 0.25) is 0 Å². The molecule has 2 aromatic carbocycles. The summed E-state index contributed by atoms with van der Waals surface area (Å²) in [5, 5.41) is 0. The number of rotatable bonds is 4. The maximum atomic E-state index is 13.4. The van der Waals surface area contributed by atoms with Gasteiger partial charge in [-0.1, -0.05) is 18.2 Å². The van der Waals surface area contributed by atoms with Gasteiger partial charge in [-0.05, 0) is 49.6 Å². The minimum absolute atomic E-state index is 0.137. The van der Waals surface area contributed by atoms with Gasteiger partial charge in [-0.15, -0.1) is 0 Å². The van der Waals surface area contributed by atoms with E-state index in [9.17, 15) is 4.39 Å². The van der Waals surface area contributed by atoms with Gasteiger partial charge < -0.3 is 10.5 Å². The van der Waals surface area contributed by atoms with E-state index in [4.69, 9.17) is 10.5 Å². The molecule has 0 spiro atoms. The van der Waals surface area contributed by atoms with E-state index in [1.165, 1.54) is 6.07 Å². The van der Waals surface area contributed by atoms with Crippen molar-refractivity contribution >= 4 is 0 Å². The summed E-state index contributed by atoms with van der Waals surface area (Å²) >= 11 is 0. The molecule has 0 fully saturated rings. The van der Waals surface area contributed by atoms with Crippen LogP contribution in [0.3, 0.4) is 0 Å². The van der Waals surface area contributed by atoms with Crippen molar-refractivity contribution in [3.8, 4) is 11.5 Å². The molecule has 3 heteroatoms. The van der Waals surface area contributed by atoms with Crippen molar-refractivity contribution in [3.63, 3.8) is 0 Å². The predicted octanol–water partition coefficient (Wildman–Crippen LogP) is 3.82. The van der Waals surface area contributed by atoms with E-state index in [1.54, 1.807) is 19.1 Å². The van der Waals surface area contributed by atoms with Crippen LogP contribution >= 0.6 is 0 Å². The Morgan fingerprint density at radius 3 is 2.32 bits per heavy atom. The van der Waals surface area contributed by atoms with E-state index in [-0.39, 0.29) is 11.9 Å². The highest BCUT2D eigenvalue weighted by molar-refractivity contribution is 5.35. The summed E-state index contributed by atoms with van der Waals surface area (Å²) in [6.45, 7) is 3.70. The van der Waals surface area contributed by atoms with Crippen LogP contribution in [0.4, 0.5) is 4.39 Å². The third-order valence-corrected chi connectivity index (χ3v) is 2.86. The van der Waals surface area contributed by atoms with Crippen molar-refractivity contribution in [1.82, 2.24) is 0 Å². The fourth-order valence-corrected chi connectivity index (χ4v) is 1.84. The van der Waals surface area contributed by atoms with Gasteiger partial charge in [0.2, 0.25) is 0 Å². The van der Waals surface area contributed by atoms with Crippen molar-refractivity contribution < 1.29 is 9.13 Å². The Morgan fingerprint density at radius 1 is 1.11 bits per heavy atom. The Kier molecular flexibility index (Phi) is 4.17. The number of nitrogens with two attached hydrogens (primary N) is 1. The van der Waals surface area contributed by atoms with E-state index in [1.807, 2.05) is 31.2 Å². The van der Waals surface area contributed by atoms with E-state index >= 15 is 0 Å². The molecule has 1 unspecified atom stereocenters. The summed E-state index contributed by atoms with van der Waals surface area (Å²) < 4.78 is 19.0. The fourth-order valence-electron chi connectivity index (χ4n) is 1.84. The molecule has 2 rings (SSSR count). The molecule has 100 valence electrons. The lowest BCUT2D eigenvalue weighted by Gasteiger charge is -2.09. The summed E-state index contributed by atoms with van der Waals surface area (Å²) in [5.41, 5.74) is 7.52. The highest BCUT2D eigenvalue weighted by Gasteiger charge is 2.03. The minimum atomic E-state index is -0.258. The SMILES string of the molecule is Cc1ccc(Oc2ccc(CC(C)N)cc2)cc1F. The van der Waals surface area contributed by atoms with Crippen LogP contribution in [0.15, 0.2) is 42.5 Å². The zero-order chi connectivity index (χ0) is 13.8. The Balaban J connectivity index is 2.08. The van der Waals surface area contributed by atoms with Gasteiger partial charge in [0.1, 0.15) is 17.3 Å². The molecule has 0 amide bonds. The van der Waals surface area contributed by atoms with Gasteiger partial charge in [-0.3, -0.25) is 0 Å². The standard InChI is InChI=1S/C16H18FNO/c1-11-3-6-15(10-16(11)17)19-14-7-4-13(5-8-14)9-12(2)18/h3-8,10,12H,9,18H2,1-2H3. The van der Waals surface area contributed by atoms with Crippen molar-refractivity contribution in [2.24, 2.45) is 5.73 Å². The summed E-state index contributed by atoms with van der Waals surface area (Å²) in [4.78, 5) is 0. The van der Waals surface area contributed by atoms with Crippen molar-refractivity contribution in [2.75, 3.05) is 0 Å². The smallest absolute Gasteiger partial charge is 0.130 e. The number of halogens is 1. The van der Waals surface area contributed by atoms with E-state index in [0.29, 0.717) is 17.1 Å². The van der Waals surface area contributed by atoms with Gasteiger partial charge in [0.25, 0.3) is 0 Å². The molecule has 0 radical (unpaired) electrons. The zero-order valence-corrected chi connectivity index (χ0v) is 11.2. The van der Waals surface area contributed by atoms with Crippen LogP contribution in [-0.2, 0) is 6.42 Å². The molecular formula is C16H18FNO. The molecule has 0 aliphatic rings. The average molecular weight is 259 g/mol. The molecule has 0 aliphatic carbocycles. The first-order valence-corrected chi connectivity index (χ1v) is 6.33. The Bertz CT molecular complexity index is 549. The second-order valence-electron chi connectivity index (χ2n) is 4.84. The predicted molar refractivity (Wildman–Crippen MR) is 75.0 cm³/mol. The molecule has 0 bridgehead atoms. The summed E-state index contributed by atoms with van der Waals surface area (Å²) in [6, 6.07) is 12.7. The summed E-state index contributed by atoms with van der Waals surface area (Å²) in [7, 11) is 0. The first-order chi connectivity index (χ1) is 9.04. The number of benzene rings is 2. The first kappa shape index (κ1) is 13.6. The third kappa shape index (κ3) is 3.80. The van der Waals surface area contributed by atoms with Crippen molar-refractivity contribution in [2.45, 2.75) is 26.3 Å². The quantitative estimate of drug-likeness (QED) is 0.906. The normalized spacial score (nSPS) is 12.2. The number of hydrogen-bond donors (Lipinski definition) is 1. The molecule has 19 heavy (non-hydrogen) atoms. The Labute approximate surface area is 113 Å². The number of hydrogen-bond acceptors (Lipinski definition) is 2. The average Bonchev–Trinajstić information content (AvgIpc) is 2.36. The topological polar surface area (TPSA) is 35.2 Å². The first-order valence-electron chi connectivity index (χ1n) is 6.33. The number of aryl methyl sites for hydroxylation is 1. The maximum Gasteiger partial charge on any atom is 0.130 e. The van der Waals surface area contributed by atoms with E-state index in [2.05, 4.69) is 0 Å². The van der Waals surface area contributed by atoms with Crippen molar-refractivity contribution in [3.05, 3.63) is 59.4 Å². The second kappa shape index (κ2) is 5.85. The summed E-state index contributed by atoms with van der Waals surface area (Å²) in [5.74, 6) is 0.936. The largest absolute Gasteiger partial charge is 0.457 e. The van der Waals surface area contributed by atoms with Crippen LogP contribution in [0, 0.1) is 12.7 Å². The molecule has 2 aromatic rings. The Morgan fingerprint density at radius 2 is 1.74 bits per heavy atom. The fraction of sp³-hybridized carbons (Fsp3) is 0.250. The highest BCUT2D eigenvalue weighted by atomic mass is 19.1. The molecule has 0 saturated carbocycles. The van der Waals surface area contributed by atoms with Gasteiger partial charge in [0.05, 0.1) is 0 Å². The van der Waals surface area contributed by atoms with Crippen LogP contribution in [0.25, 0.3) is 0 Å². The lowest BCUT2D eigenvalue weighted by molar-refractivity contribution is 0.475. The highest BCUT2D eigenvalue weighted by Crippen LogP contribution is 2.23. The molecule has 0 heterocycles. The minimum Gasteiger partial charge on any atom is -0.457 e. The van der Waals surface area contributed by atoms with Gasteiger partial charge >= 0.3 is 0 Å². The Hall–Kier alpha value is -1.87. The molecule has 2 N–H and O–H groups in total. The molecule has 1 atom stereocenters. The second-order valence-corrected chi connectivity index (χ2v) is 4.84. The summed E-state index contributed by atoms with van der Waals surface area (Å²) in [6.07, 6.45) is 0.833.